The molecule has 0 radical (unpaired) electrons. The molecule has 2 aromatic carbocycles. The fourth-order valence-corrected chi connectivity index (χ4v) is 3.36. The Bertz CT molecular complexity index is 858. The monoisotopic (exact) mass is 388 g/mol. The number of methoxy groups -OCH3 is 2. The number of likely N-dealkylation sites (tertiary alicyclic amines) is 1. The first-order valence-electron chi connectivity index (χ1n) is 9.11. The Morgan fingerprint density at radius 2 is 1.89 bits per heavy atom. The van der Waals surface area contributed by atoms with Crippen LogP contribution in [0.3, 0.4) is 0 Å². The summed E-state index contributed by atoms with van der Waals surface area (Å²) < 4.78 is 30.2. The predicted octanol–water partition coefficient (Wildman–Crippen LogP) is 4.13. The third-order valence-electron chi connectivity index (χ3n) is 4.98. The minimum Gasteiger partial charge on any atom is -0.493 e. The summed E-state index contributed by atoms with van der Waals surface area (Å²) in [4.78, 5) is 16.1. The predicted molar refractivity (Wildman–Crippen MR) is 105 cm³/mol. The molecule has 1 amide bonds. The molecule has 1 fully saturated rings. The summed E-state index contributed by atoms with van der Waals surface area (Å²) in [5.74, 6) is 0.695. The van der Waals surface area contributed by atoms with Gasteiger partial charge in [-0.1, -0.05) is 6.07 Å². The lowest BCUT2D eigenvalue weighted by molar-refractivity contribution is 0.0315. The van der Waals surface area contributed by atoms with E-state index in [0.717, 1.165) is 19.4 Å². The molecule has 1 heterocycles. The minimum absolute atomic E-state index is 0.236. The molecule has 0 bridgehead atoms. The standard InChI is InChI=1S/C21H25FN2O4/c1-23-11-5-6-20(23)28-21(25)24(2)17-9-8-15(22)13-16(17)14-7-10-18(26-3)19(12-14)27-4/h7-10,12-13,20H,5-6,11H2,1-4H3/t20-/m0/s1. The molecule has 28 heavy (non-hydrogen) atoms. The number of hydrogen-bond acceptors (Lipinski definition) is 5. The van der Waals surface area contributed by atoms with Gasteiger partial charge in [0.2, 0.25) is 0 Å². The number of hydrogen-bond donors (Lipinski definition) is 0. The van der Waals surface area contributed by atoms with Gasteiger partial charge in [0.15, 0.2) is 17.7 Å². The number of nitrogens with zero attached hydrogens (tertiary/aromatic N) is 2. The average molecular weight is 388 g/mol. The van der Waals surface area contributed by atoms with E-state index in [1.165, 1.54) is 24.1 Å². The lowest BCUT2D eigenvalue weighted by Crippen LogP contribution is -2.36. The van der Waals surface area contributed by atoms with Crippen molar-refractivity contribution in [3.63, 3.8) is 0 Å². The second-order valence-electron chi connectivity index (χ2n) is 6.75. The molecule has 0 aromatic heterocycles. The van der Waals surface area contributed by atoms with Crippen molar-refractivity contribution >= 4 is 11.8 Å². The van der Waals surface area contributed by atoms with Gasteiger partial charge >= 0.3 is 6.09 Å². The van der Waals surface area contributed by atoms with Crippen LogP contribution in [0.5, 0.6) is 11.5 Å². The van der Waals surface area contributed by atoms with E-state index in [4.69, 9.17) is 14.2 Å². The van der Waals surface area contributed by atoms with Gasteiger partial charge in [0.25, 0.3) is 0 Å². The normalized spacial score (nSPS) is 16.7. The maximum atomic E-state index is 14.0. The van der Waals surface area contributed by atoms with Crippen molar-refractivity contribution in [1.29, 1.82) is 0 Å². The van der Waals surface area contributed by atoms with Gasteiger partial charge in [0.1, 0.15) is 5.82 Å². The first kappa shape index (κ1) is 19.9. The van der Waals surface area contributed by atoms with Crippen molar-refractivity contribution in [1.82, 2.24) is 4.90 Å². The Kier molecular flexibility index (Phi) is 6.04. The van der Waals surface area contributed by atoms with Crippen molar-refractivity contribution in [2.75, 3.05) is 39.8 Å². The molecule has 0 unspecified atom stereocenters. The van der Waals surface area contributed by atoms with Crippen molar-refractivity contribution in [3.8, 4) is 22.6 Å². The minimum atomic E-state index is -0.480. The van der Waals surface area contributed by atoms with Gasteiger partial charge in [-0.05, 0) is 55.8 Å². The highest BCUT2D eigenvalue weighted by molar-refractivity contribution is 5.93. The molecule has 1 aliphatic heterocycles. The van der Waals surface area contributed by atoms with Crippen molar-refractivity contribution in [3.05, 3.63) is 42.2 Å². The van der Waals surface area contributed by atoms with E-state index in [1.54, 1.807) is 38.4 Å². The molecular weight excluding hydrogens is 363 g/mol. The van der Waals surface area contributed by atoms with E-state index in [0.29, 0.717) is 28.3 Å². The molecule has 0 N–H and O–H groups in total. The topological polar surface area (TPSA) is 51.2 Å². The van der Waals surface area contributed by atoms with Crippen LogP contribution in [0.4, 0.5) is 14.9 Å². The fraction of sp³-hybridized carbons (Fsp3) is 0.381. The second-order valence-corrected chi connectivity index (χ2v) is 6.75. The summed E-state index contributed by atoms with van der Waals surface area (Å²) in [6, 6.07) is 9.58. The quantitative estimate of drug-likeness (QED) is 0.771. The zero-order valence-corrected chi connectivity index (χ0v) is 16.6. The molecule has 1 aliphatic rings. The van der Waals surface area contributed by atoms with Gasteiger partial charge < -0.3 is 14.2 Å². The third-order valence-corrected chi connectivity index (χ3v) is 4.98. The number of anilines is 1. The van der Waals surface area contributed by atoms with E-state index in [-0.39, 0.29) is 6.23 Å². The van der Waals surface area contributed by atoms with Gasteiger partial charge in [0.05, 0.1) is 19.9 Å². The van der Waals surface area contributed by atoms with Gasteiger partial charge in [-0.3, -0.25) is 9.80 Å². The summed E-state index contributed by atoms with van der Waals surface area (Å²) in [7, 11) is 6.64. The van der Waals surface area contributed by atoms with Crippen LogP contribution in [-0.2, 0) is 4.74 Å². The van der Waals surface area contributed by atoms with E-state index >= 15 is 0 Å². The van der Waals surface area contributed by atoms with Gasteiger partial charge in [-0.25, -0.2) is 9.18 Å². The zero-order chi connectivity index (χ0) is 20.3. The molecule has 7 heteroatoms. The van der Waals surface area contributed by atoms with E-state index in [1.807, 2.05) is 11.9 Å². The Balaban J connectivity index is 1.93. The van der Waals surface area contributed by atoms with Crippen LogP contribution in [0.1, 0.15) is 12.8 Å². The molecule has 1 saturated heterocycles. The summed E-state index contributed by atoms with van der Waals surface area (Å²) in [5.41, 5.74) is 1.80. The molecule has 0 aliphatic carbocycles. The Hall–Kier alpha value is -2.80. The van der Waals surface area contributed by atoms with Crippen LogP contribution in [0.25, 0.3) is 11.1 Å². The number of carbonyl (C=O) groups is 1. The Morgan fingerprint density at radius 3 is 2.54 bits per heavy atom. The molecule has 150 valence electrons. The largest absolute Gasteiger partial charge is 0.493 e. The van der Waals surface area contributed by atoms with Crippen molar-refractivity contribution in [2.45, 2.75) is 19.1 Å². The molecule has 3 rings (SSSR count). The van der Waals surface area contributed by atoms with E-state index in [9.17, 15) is 9.18 Å². The summed E-state index contributed by atoms with van der Waals surface area (Å²) in [6.07, 6.45) is 1.08. The highest BCUT2D eigenvalue weighted by atomic mass is 19.1. The first-order valence-corrected chi connectivity index (χ1v) is 9.11. The Morgan fingerprint density at radius 1 is 1.14 bits per heavy atom. The number of ether oxygens (including phenoxy) is 3. The maximum Gasteiger partial charge on any atom is 0.415 e. The van der Waals surface area contributed by atoms with Crippen LogP contribution >= 0.6 is 0 Å². The summed E-state index contributed by atoms with van der Waals surface area (Å²) in [6.45, 7) is 0.898. The highest BCUT2D eigenvalue weighted by Gasteiger charge is 2.27. The SMILES string of the molecule is COc1ccc(-c2cc(F)ccc2N(C)C(=O)O[C@H]2CCCN2C)cc1OC. The van der Waals surface area contributed by atoms with Crippen molar-refractivity contribution in [2.24, 2.45) is 0 Å². The van der Waals surface area contributed by atoms with E-state index < -0.39 is 11.9 Å². The third kappa shape index (κ3) is 4.04. The van der Waals surface area contributed by atoms with Crippen LogP contribution in [0, 0.1) is 5.82 Å². The number of halogens is 1. The molecule has 2 aromatic rings. The second kappa shape index (κ2) is 8.48. The lowest BCUT2D eigenvalue weighted by atomic mass is 10.0. The maximum absolute atomic E-state index is 14.0. The number of amides is 1. The first-order chi connectivity index (χ1) is 13.4. The Labute approximate surface area is 164 Å². The highest BCUT2D eigenvalue weighted by Crippen LogP contribution is 2.37. The van der Waals surface area contributed by atoms with Crippen LogP contribution in [0.2, 0.25) is 0 Å². The van der Waals surface area contributed by atoms with Crippen LogP contribution < -0.4 is 14.4 Å². The zero-order valence-electron chi connectivity index (χ0n) is 16.6. The molecular formula is C21H25FN2O4. The number of rotatable bonds is 5. The number of benzene rings is 2. The molecule has 0 saturated carbocycles. The molecule has 0 spiro atoms. The lowest BCUT2D eigenvalue weighted by Gasteiger charge is -2.25. The van der Waals surface area contributed by atoms with Gasteiger partial charge in [-0.15, -0.1) is 0 Å². The molecule has 1 atom stereocenters. The van der Waals surface area contributed by atoms with Crippen molar-refractivity contribution < 1.29 is 23.4 Å². The summed E-state index contributed by atoms with van der Waals surface area (Å²) >= 11 is 0. The van der Waals surface area contributed by atoms with E-state index in [2.05, 4.69) is 0 Å². The smallest absolute Gasteiger partial charge is 0.415 e. The van der Waals surface area contributed by atoms with Gasteiger partial charge in [-0.2, -0.15) is 0 Å². The van der Waals surface area contributed by atoms with Crippen LogP contribution in [0.15, 0.2) is 36.4 Å². The fourth-order valence-electron chi connectivity index (χ4n) is 3.36. The average Bonchev–Trinajstić information content (AvgIpc) is 3.11. The van der Waals surface area contributed by atoms with Gasteiger partial charge in [0, 0.05) is 19.2 Å². The number of carbonyl (C=O) groups excluding carboxylic acids is 1. The summed E-state index contributed by atoms with van der Waals surface area (Å²) in [5, 5.41) is 0. The molecule has 6 nitrogen and oxygen atoms in total. The van der Waals surface area contributed by atoms with Crippen LogP contribution in [-0.4, -0.2) is 52.1 Å².